The van der Waals surface area contributed by atoms with Crippen LogP contribution in [0.4, 0.5) is 0 Å². The zero-order valence-electron chi connectivity index (χ0n) is 10.4. The summed E-state index contributed by atoms with van der Waals surface area (Å²) in [5.74, 6) is 0.990. The quantitative estimate of drug-likeness (QED) is 0.815. The largest absolute Gasteiger partial charge is 0.370 e. The van der Waals surface area contributed by atoms with Gasteiger partial charge in [0, 0.05) is 6.61 Å². The fraction of sp³-hybridized carbons (Fsp3) is 0.500. The average Bonchev–Trinajstić information content (AvgIpc) is 2.74. The van der Waals surface area contributed by atoms with Crippen molar-refractivity contribution in [2.45, 2.75) is 39.2 Å². The number of hydrogen-bond acceptors (Lipinski definition) is 2. The molecule has 0 spiro atoms. The molecule has 3 nitrogen and oxygen atoms in total. The Morgan fingerprint density at radius 2 is 2.06 bits per heavy atom. The highest BCUT2D eigenvalue weighted by atomic mass is 16.5. The number of nitrogens with zero attached hydrogens (tertiary/aromatic N) is 1. The molecule has 2 aromatic rings. The normalized spacial score (nSPS) is 20.9. The number of hydrogen-bond donors (Lipinski definition) is 1. The van der Waals surface area contributed by atoms with Crippen LogP contribution in [0, 0.1) is 13.8 Å². The van der Waals surface area contributed by atoms with Crippen molar-refractivity contribution in [2.24, 2.45) is 0 Å². The second-order valence-corrected chi connectivity index (χ2v) is 4.93. The SMILES string of the molecule is Cc1cc2nc(C3CCCCO3)[nH]c2cc1C. The van der Waals surface area contributed by atoms with Crippen molar-refractivity contribution in [1.29, 1.82) is 0 Å². The smallest absolute Gasteiger partial charge is 0.136 e. The molecular weight excluding hydrogens is 212 g/mol. The first-order chi connectivity index (χ1) is 8.24. The Hall–Kier alpha value is -1.35. The van der Waals surface area contributed by atoms with Crippen molar-refractivity contribution in [2.75, 3.05) is 6.61 Å². The van der Waals surface area contributed by atoms with E-state index in [0.29, 0.717) is 0 Å². The van der Waals surface area contributed by atoms with E-state index in [1.807, 2.05) is 0 Å². The molecule has 0 amide bonds. The number of rotatable bonds is 1. The van der Waals surface area contributed by atoms with Crippen LogP contribution in [0.25, 0.3) is 11.0 Å². The second-order valence-electron chi connectivity index (χ2n) is 4.93. The first-order valence-corrected chi connectivity index (χ1v) is 6.32. The van der Waals surface area contributed by atoms with Gasteiger partial charge in [0.25, 0.3) is 0 Å². The van der Waals surface area contributed by atoms with Crippen LogP contribution in [-0.4, -0.2) is 16.6 Å². The summed E-state index contributed by atoms with van der Waals surface area (Å²) in [6.07, 6.45) is 3.66. The molecule has 3 heteroatoms. The van der Waals surface area contributed by atoms with E-state index < -0.39 is 0 Å². The Morgan fingerprint density at radius 3 is 2.82 bits per heavy atom. The van der Waals surface area contributed by atoms with Crippen molar-refractivity contribution in [1.82, 2.24) is 9.97 Å². The zero-order chi connectivity index (χ0) is 11.8. The minimum absolute atomic E-state index is 0.164. The van der Waals surface area contributed by atoms with E-state index >= 15 is 0 Å². The van der Waals surface area contributed by atoms with Crippen LogP contribution >= 0.6 is 0 Å². The fourth-order valence-corrected chi connectivity index (χ4v) is 2.40. The molecule has 0 bridgehead atoms. The monoisotopic (exact) mass is 230 g/mol. The van der Waals surface area contributed by atoms with Gasteiger partial charge in [-0.05, 0) is 56.4 Å². The Morgan fingerprint density at radius 1 is 1.24 bits per heavy atom. The zero-order valence-corrected chi connectivity index (χ0v) is 10.4. The van der Waals surface area contributed by atoms with Crippen LogP contribution < -0.4 is 0 Å². The number of H-pyrrole nitrogens is 1. The summed E-state index contributed by atoms with van der Waals surface area (Å²) >= 11 is 0. The number of benzene rings is 1. The van der Waals surface area contributed by atoms with Gasteiger partial charge >= 0.3 is 0 Å². The van der Waals surface area contributed by atoms with Crippen LogP contribution in [0.2, 0.25) is 0 Å². The first kappa shape index (κ1) is 10.8. The molecule has 1 fully saturated rings. The van der Waals surface area contributed by atoms with Gasteiger partial charge in [-0.2, -0.15) is 0 Å². The molecule has 2 heterocycles. The third kappa shape index (κ3) is 1.95. The Bertz CT molecular complexity index is 499. The molecule has 1 aromatic carbocycles. The lowest BCUT2D eigenvalue weighted by Gasteiger charge is -2.20. The third-order valence-electron chi connectivity index (χ3n) is 3.60. The van der Waals surface area contributed by atoms with Crippen molar-refractivity contribution in [3.8, 4) is 0 Å². The lowest BCUT2D eigenvalue weighted by Crippen LogP contribution is -2.12. The molecule has 1 aliphatic heterocycles. The Kier molecular flexibility index (Phi) is 2.63. The second kappa shape index (κ2) is 4.15. The molecule has 17 heavy (non-hydrogen) atoms. The lowest BCUT2D eigenvalue weighted by molar-refractivity contribution is 0.0101. The number of aromatic amines is 1. The van der Waals surface area contributed by atoms with E-state index in [1.165, 1.54) is 24.0 Å². The average molecular weight is 230 g/mol. The van der Waals surface area contributed by atoms with Crippen LogP contribution in [0.15, 0.2) is 12.1 Å². The highest BCUT2D eigenvalue weighted by molar-refractivity contribution is 5.77. The van der Waals surface area contributed by atoms with E-state index in [1.54, 1.807) is 0 Å². The van der Waals surface area contributed by atoms with Crippen molar-refractivity contribution in [3.05, 3.63) is 29.1 Å². The highest BCUT2D eigenvalue weighted by Gasteiger charge is 2.19. The summed E-state index contributed by atoms with van der Waals surface area (Å²) in [7, 11) is 0. The minimum atomic E-state index is 0.164. The molecule has 0 radical (unpaired) electrons. The van der Waals surface area contributed by atoms with Gasteiger partial charge in [-0.25, -0.2) is 4.98 Å². The van der Waals surface area contributed by atoms with Crippen molar-refractivity contribution < 1.29 is 4.74 Å². The van der Waals surface area contributed by atoms with Gasteiger partial charge in [0.2, 0.25) is 0 Å². The van der Waals surface area contributed by atoms with Crippen LogP contribution in [-0.2, 0) is 4.74 Å². The Labute approximate surface area is 101 Å². The molecule has 1 unspecified atom stereocenters. The summed E-state index contributed by atoms with van der Waals surface area (Å²) in [6.45, 7) is 5.12. The number of ether oxygens (including phenoxy) is 1. The maximum Gasteiger partial charge on any atom is 0.136 e. The number of imidazole rings is 1. The van der Waals surface area contributed by atoms with E-state index in [2.05, 4.69) is 35.9 Å². The first-order valence-electron chi connectivity index (χ1n) is 6.32. The standard InChI is InChI=1S/C14H18N2O/c1-9-7-11-12(8-10(9)2)16-14(15-11)13-5-3-4-6-17-13/h7-8,13H,3-6H2,1-2H3,(H,15,16). The van der Waals surface area contributed by atoms with E-state index in [4.69, 9.17) is 4.74 Å². The fourth-order valence-electron chi connectivity index (χ4n) is 2.40. The summed E-state index contributed by atoms with van der Waals surface area (Å²) < 4.78 is 5.76. The molecule has 1 saturated heterocycles. The number of nitrogens with one attached hydrogen (secondary N) is 1. The number of aromatic nitrogens is 2. The topological polar surface area (TPSA) is 37.9 Å². The van der Waals surface area contributed by atoms with Gasteiger partial charge in [-0.15, -0.1) is 0 Å². The van der Waals surface area contributed by atoms with E-state index in [0.717, 1.165) is 29.9 Å². The van der Waals surface area contributed by atoms with Gasteiger partial charge < -0.3 is 9.72 Å². The summed E-state index contributed by atoms with van der Waals surface area (Å²) in [4.78, 5) is 8.06. The lowest BCUT2D eigenvalue weighted by atomic mass is 10.1. The van der Waals surface area contributed by atoms with E-state index in [9.17, 15) is 0 Å². The highest BCUT2D eigenvalue weighted by Crippen LogP contribution is 2.28. The van der Waals surface area contributed by atoms with Crippen molar-refractivity contribution in [3.63, 3.8) is 0 Å². The molecule has 90 valence electrons. The van der Waals surface area contributed by atoms with Gasteiger partial charge in [0.1, 0.15) is 11.9 Å². The number of fused-ring (bicyclic) bond motifs is 1. The van der Waals surface area contributed by atoms with Gasteiger partial charge in [0.05, 0.1) is 11.0 Å². The minimum Gasteiger partial charge on any atom is -0.370 e. The summed E-state index contributed by atoms with van der Waals surface area (Å²) in [6, 6.07) is 4.32. The van der Waals surface area contributed by atoms with Crippen LogP contribution in [0.3, 0.4) is 0 Å². The van der Waals surface area contributed by atoms with Crippen molar-refractivity contribution >= 4 is 11.0 Å². The van der Waals surface area contributed by atoms with Crippen LogP contribution in [0.1, 0.15) is 42.3 Å². The van der Waals surface area contributed by atoms with Gasteiger partial charge in [-0.3, -0.25) is 0 Å². The predicted molar refractivity (Wildman–Crippen MR) is 68.1 cm³/mol. The molecule has 1 aliphatic rings. The molecule has 1 N–H and O–H groups in total. The third-order valence-corrected chi connectivity index (χ3v) is 3.60. The summed E-state index contributed by atoms with van der Waals surface area (Å²) in [5, 5.41) is 0. The maximum atomic E-state index is 5.76. The van der Waals surface area contributed by atoms with Crippen LogP contribution in [0.5, 0.6) is 0 Å². The van der Waals surface area contributed by atoms with Gasteiger partial charge in [-0.1, -0.05) is 0 Å². The summed E-state index contributed by atoms with van der Waals surface area (Å²) in [5.41, 5.74) is 4.77. The molecule has 1 atom stereocenters. The number of aryl methyl sites for hydroxylation is 2. The van der Waals surface area contributed by atoms with Gasteiger partial charge in [0.15, 0.2) is 0 Å². The molecule has 3 rings (SSSR count). The molecule has 0 saturated carbocycles. The maximum absolute atomic E-state index is 5.76. The van der Waals surface area contributed by atoms with E-state index in [-0.39, 0.29) is 6.10 Å². The predicted octanol–water partition coefficient (Wildman–Crippen LogP) is 3.42. The Balaban J connectivity index is 2.00. The molecule has 0 aliphatic carbocycles. The molecular formula is C14H18N2O. The molecule has 1 aromatic heterocycles.